The van der Waals surface area contributed by atoms with Gasteiger partial charge in [0.1, 0.15) is 11.5 Å². The Morgan fingerprint density at radius 3 is 2.94 bits per heavy atom. The number of aromatic nitrogens is 1. The fourth-order valence-corrected chi connectivity index (χ4v) is 1.73. The zero-order chi connectivity index (χ0) is 10.8. The molecule has 0 saturated carbocycles. The van der Waals surface area contributed by atoms with Crippen LogP contribution in [0.4, 0.5) is 0 Å². The third-order valence-electron chi connectivity index (χ3n) is 2.51. The summed E-state index contributed by atoms with van der Waals surface area (Å²) in [6.45, 7) is 1.95. The Bertz CT molecular complexity index is 458. The van der Waals surface area contributed by atoms with Gasteiger partial charge in [0, 0.05) is 6.54 Å². The fraction of sp³-hybridized carbons (Fsp3) is 0.250. The van der Waals surface area contributed by atoms with Crippen LogP contribution in [0.3, 0.4) is 0 Å². The SMILES string of the molecule is c1ccc(OCc2nc3c(o2)CNC3)cc1. The van der Waals surface area contributed by atoms with Crippen LogP contribution in [-0.4, -0.2) is 4.98 Å². The van der Waals surface area contributed by atoms with Gasteiger partial charge in [0.15, 0.2) is 6.61 Å². The monoisotopic (exact) mass is 216 g/mol. The smallest absolute Gasteiger partial charge is 0.232 e. The third kappa shape index (κ3) is 1.79. The molecule has 4 heteroatoms. The number of fused-ring (bicyclic) bond motifs is 1. The Balaban J connectivity index is 1.67. The van der Waals surface area contributed by atoms with E-state index in [-0.39, 0.29) is 0 Å². The first-order valence-electron chi connectivity index (χ1n) is 5.28. The van der Waals surface area contributed by atoms with E-state index in [2.05, 4.69) is 10.3 Å². The van der Waals surface area contributed by atoms with Crippen molar-refractivity contribution in [2.45, 2.75) is 19.7 Å². The normalized spacial score (nSPS) is 13.8. The van der Waals surface area contributed by atoms with Crippen molar-refractivity contribution in [2.24, 2.45) is 0 Å². The minimum Gasteiger partial charge on any atom is -0.484 e. The van der Waals surface area contributed by atoms with E-state index >= 15 is 0 Å². The summed E-state index contributed by atoms with van der Waals surface area (Å²) in [7, 11) is 0. The van der Waals surface area contributed by atoms with E-state index < -0.39 is 0 Å². The average Bonchev–Trinajstić information content (AvgIpc) is 2.88. The summed E-state index contributed by atoms with van der Waals surface area (Å²) >= 11 is 0. The van der Waals surface area contributed by atoms with Crippen LogP contribution in [0.25, 0.3) is 0 Å². The predicted octanol–water partition coefficient (Wildman–Crippen LogP) is 1.86. The van der Waals surface area contributed by atoms with Crippen molar-refractivity contribution < 1.29 is 9.15 Å². The molecular weight excluding hydrogens is 204 g/mol. The van der Waals surface area contributed by atoms with Crippen molar-refractivity contribution in [3.05, 3.63) is 47.7 Å². The lowest BCUT2D eigenvalue weighted by molar-refractivity contribution is 0.258. The van der Waals surface area contributed by atoms with Crippen molar-refractivity contribution >= 4 is 0 Å². The van der Waals surface area contributed by atoms with Gasteiger partial charge in [-0.05, 0) is 12.1 Å². The van der Waals surface area contributed by atoms with Crippen LogP contribution in [0.15, 0.2) is 34.7 Å². The van der Waals surface area contributed by atoms with E-state index in [9.17, 15) is 0 Å². The van der Waals surface area contributed by atoms with Crippen LogP contribution in [0.5, 0.6) is 5.75 Å². The van der Waals surface area contributed by atoms with Crippen LogP contribution < -0.4 is 10.1 Å². The molecule has 82 valence electrons. The lowest BCUT2D eigenvalue weighted by atomic mass is 10.3. The summed E-state index contributed by atoms with van der Waals surface area (Å²) in [5.74, 6) is 2.42. The van der Waals surface area contributed by atoms with E-state index in [1.165, 1.54) is 0 Å². The molecule has 0 saturated heterocycles. The maximum atomic E-state index is 5.55. The van der Waals surface area contributed by atoms with Crippen molar-refractivity contribution in [1.82, 2.24) is 10.3 Å². The van der Waals surface area contributed by atoms with Crippen LogP contribution in [0, 0.1) is 0 Å². The number of ether oxygens (including phenoxy) is 1. The molecule has 0 amide bonds. The number of hydrogen-bond acceptors (Lipinski definition) is 4. The standard InChI is InChI=1S/C12H12N2O2/c1-2-4-9(5-3-1)15-8-12-14-10-6-13-7-11(10)16-12/h1-5,13H,6-8H2. The first-order valence-corrected chi connectivity index (χ1v) is 5.28. The Labute approximate surface area is 93.3 Å². The Hall–Kier alpha value is -1.81. The van der Waals surface area contributed by atoms with Crippen LogP contribution in [-0.2, 0) is 19.7 Å². The molecule has 0 spiro atoms. The number of nitrogens with one attached hydrogen (secondary N) is 1. The number of rotatable bonds is 3. The Kier molecular flexibility index (Phi) is 2.34. The van der Waals surface area contributed by atoms with Gasteiger partial charge < -0.3 is 14.5 Å². The molecule has 16 heavy (non-hydrogen) atoms. The average molecular weight is 216 g/mol. The van der Waals surface area contributed by atoms with Crippen LogP contribution in [0.1, 0.15) is 17.3 Å². The molecule has 0 atom stereocenters. The van der Waals surface area contributed by atoms with Gasteiger partial charge in [0.2, 0.25) is 5.89 Å². The molecule has 2 aromatic rings. The largest absolute Gasteiger partial charge is 0.484 e. The molecule has 0 fully saturated rings. The highest BCUT2D eigenvalue weighted by molar-refractivity contribution is 5.21. The third-order valence-corrected chi connectivity index (χ3v) is 2.51. The fourth-order valence-electron chi connectivity index (χ4n) is 1.73. The second-order valence-electron chi connectivity index (χ2n) is 3.68. The van der Waals surface area contributed by atoms with Crippen molar-refractivity contribution in [2.75, 3.05) is 0 Å². The number of para-hydroxylation sites is 1. The van der Waals surface area contributed by atoms with Gasteiger partial charge in [-0.3, -0.25) is 0 Å². The summed E-state index contributed by atoms with van der Waals surface area (Å²) in [5.41, 5.74) is 1.01. The lowest BCUT2D eigenvalue weighted by Gasteiger charge is -2.02. The lowest BCUT2D eigenvalue weighted by Crippen LogP contribution is -2.03. The molecule has 0 bridgehead atoms. The highest BCUT2D eigenvalue weighted by Crippen LogP contribution is 2.17. The molecule has 0 radical (unpaired) electrons. The summed E-state index contributed by atoms with van der Waals surface area (Å²) in [6.07, 6.45) is 0. The molecule has 0 aliphatic carbocycles. The van der Waals surface area contributed by atoms with Gasteiger partial charge in [-0.15, -0.1) is 0 Å². The first-order chi connectivity index (χ1) is 7.92. The van der Waals surface area contributed by atoms with Gasteiger partial charge in [-0.1, -0.05) is 18.2 Å². The van der Waals surface area contributed by atoms with Crippen molar-refractivity contribution in [3.8, 4) is 5.75 Å². The molecule has 0 unspecified atom stereocenters. The zero-order valence-electron chi connectivity index (χ0n) is 8.77. The van der Waals surface area contributed by atoms with E-state index in [1.807, 2.05) is 30.3 Å². The molecule has 1 aliphatic heterocycles. The highest BCUT2D eigenvalue weighted by Gasteiger charge is 2.17. The topological polar surface area (TPSA) is 47.3 Å². The number of hydrogen-bond donors (Lipinski definition) is 1. The molecule has 4 nitrogen and oxygen atoms in total. The Morgan fingerprint density at radius 1 is 1.25 bits per heavy atom. The van der Waals surface area contributed by atoms with E-state index in [0.29, 0.717) is 12.5 Å². The maximum Gasteiger partial charge on any atom is 0.232 e. The minimum atomic E-state index is 0.386. The van der Waals surface area contributed by atoms with Gasteiger partial charge in [-0.25, -0.2) is 4.98 Å². The predicted molar refractivity (Wildman–Crippen MR) is 57.8 cm³/mol. The minimum absolute atomic E-state index is 0.386. The molecule has 1 N–H and O–H groups in total. The number of oxazole rings is 1. The molecule has 1 aromatic heterocycles. The zero-order valence-corrected chi connectivity index (χ0v) is 8.77. The van der Waals surface area contributed by atoms with Crippen LogP contribution in [0.2, 0.25) is 0 Å². The molecular formula is C12H12N2O2. The van der Waals surface area contributed by atoms with Crippen molar-refractivity contribution in [3.63, 3.8) is 0 Å². The molecule has 3 rings (SSSR count). The quantitative estimate of drug-likeness (QED) is 0.850. The van der Waals surface area contributed by atoms with Gasteiger partial charge in [0.05, 0.1) is 12.2 Å². The summed E-state index contributed by atoms with van der Waals surface area (Å²) < 4.78 is 11.1. The molecule has 2 heterocycles. The van der Waals surface area contributed by atoms with E-state index in [0.717, 1.165) is 30.3 Å². The second-order valence-corrected chi connectivity index (χ2v) is 3.68. The number of nitrogens with zero attached hydrogens (tertiary/aromatic N) is 1. The summed E-state index contributed by atoms with van der Waals surface area (Å²) in [6, 6.07) is 9.66. The van der Waals surface area contributed by atoms with E-state index in [1.54, 1.807) is 0 Å². The summed E-state index contributed by atoms with van der Waals surface area (Å²) in [4.78, 5) is 4.35. The second kappa shape index (κ2) is 3.98. The molecule has 1 aliphatic rings. The van der Waals surface area contributed by atoms with Crippen LogP contribution >= 0.6 is 0 Å². The van der Waals surface area contributed by atoms with Gasteiger partial charge in [0.25, 0.3) is 0 Å². The first kappa shape index (κ1) is 9.42. The summed E-state index contributed by atoms with van der Waals surface area (Å²) in [5, 5.41) is 3.17. The van der Waals surface area contributed by atoms with Crippen molar-refractivity contribution in [1.29, 1.82) is 0 Å². The van der Waals surface area contributed by atoms with Gasteiger partial charge >= 0.3 is 0 Å². The maximum absolute atomic E-state index is 5.55. The van der Waals surface area contributed by atoms with Gasteiger partial charge in [-0.2, -0.15) is 0 Å². The van der Waals surface area contributed by atoms with E-state index in [4.69, 9.17) is 9.15 Å². The number of benzene rings is 1. The molecule has 1 aromatic carbocycles. The Morgan fingerprint density at radius 2 is 2.12 bits per heavy atom. The highest BCUT2D eigenvalue weighted by atomic mass is 16.5.